The van der Waals surface area contributed by atoms with Gasteiger partial charge in [-0.25, -0.2) is 0 Å². The van der Waals surface area contributed by atoms with Crippen LogP contribution in [0.25, 0.3) is 0 Å². The fourth-order valence-electron chi connectivity index (χ4n) is 10.1. The molecule has 0 unspecified atom stereocenters. The number of hydrogen-bond acceptors (Lipinski definition) is 4. The first-order chi connectivity index (χ1) is 16.8. The zero-order chi connectivity index (χ0) is 26.5. The quantitative estimate of drug-likeness (QED) is 0.202. The Morgan fingerprint density at radius 2 is 1.67 bits per heavy atom. The molecule has 0 aromatic rings. The third-order valence-corrected chi connectivity index (χ3v) is 12.3. The normalized spacial score (nSPS) is 40.1. The summed E-state index contributed by atoms with van der Waals surface area (Å²) >= 11 is 0. The molecule has 0 heterocycles. The van der Waals surface area contributed by atoms with Crippen LogP contribution in [0.5, 0.6) is 0 Å². The molecule has 0 bridgehead atoms. The molecule has 0 spiro atoms. The second-order valence-corrected chi connectivity index (χ2v) is 14.1. The van der Waals surface area contributed by atoms with Crippen LogP contribution in [0.1, 0.15) is 126 Å². The first-order valence-corrected chi connectivity index (χ1v) is 14.8. The minimum Gasteiger partial charge on any atom is -0.469 e. The molecule has 4 heteroatoms. The van der Waals surface area contributed by atoms with Gasteiger partial charge in [0.1, 0.15) is 6.10 Å². The Kier molecular flexibility index (Phi) is 7.52. The average Bonchev–Trinajstić information content (AvgIpc) is 3.09. The number of esters is 2. The lowest BCUT2D eigenvalue weighted by molar-refractivity contribution is -0.167. The maximum Gasteiger partial charge on any atom is 0.305 e. The molecule has 0 aromatic heterocycles. The van der Waals surface area contributed by atoms with Crippen LogP contribution < -0.4 is 0 Å². The van der Waals surface area contributed by atoms with Crippen LogP contribution in [-0.4, -0.2) is 25.2 Å². The van der Waals surface area contributed by atoms with Crippen LogP contribution in [0.2, 0.25) is 0 Å². The van der Waals surface area contributed by atoms with E-state index < -0.39 is 0 Å². The van der Waals surface area contributed by atoms with Crippen molar-refractivity contribution in [3.05, 3.63) is 11.1 Å². The van der Waals surface area contributed by atoms with E-state index in [9.17, 15) is 9.59 Å². The van der Waals surface area contributed by atoms with Gasteiger partial charge < -0.3 is 9.47 Å². The molecular weight excluding hydrogens is 448 g/mol. The molecule has 204 valence electrons. The van der Waals surface area contributed by atoms with Crippen molar-refractivity contribution in [2.75, 3.05) is 7.11 Å². The van der Waals surface area contributed by atoms with E-state index in [1.807, 2.05) is 5.57 Å². The van der Waals surface area contributed by atoms with Crippen molar-refractivity contribution in [3.63, 3.8) is 0 Å². The SMILES string of the molecule is COC(=O)CCCC[C@@H](C)[C@H]1CC[C@@]2(C)C3=C(CC[C@]12C)[C@@]1(C)CC[C@H](OC(C)=O)C(C)(C)[C@@H]1CC3. The Labute approximate surface area is 220 Å². The minimum atomic E-state index is -0.134. The van der Waals surface area contributed by atoms with Crippen molar-refractivity contribution in [2.24, 2.45) is 39.4 Å². The lowest BCUT2D eigenvalue weighted by Gasteiger charge is -2.62. The Morgan fingerprint density at radius 3 is 2.33 bits per heavy atom. The van der Waals surface area contributed by atoms with Crippen molar-refractivity contribution in [3.8, 4) is 0 Å². The average molecular weight is 501 g/mol. The third-order valence-electron chi connectivity index (χ3n) is 12.3. The van der Waals surface area contributed by atoms with E-state index in [4.69, 9.17) is 9.47 Å². The first kappa shape index (κ1) is 27.7. The van der Waals surface area contributed by atoms with Crippen molar-refractivity contribution < 1.29 is 19.1 Å². The van der Waals surface area contributed by atoms with Crippen LogP contribution in [0, 0.1) is 39.4 Å². The van der Waals surface area contributed by atoms with Crippen molar-refractivity contribution in [1.82, 2.24) is 0 Å². The maximum absolute atomic E-state index is 11.8. The van der Waals surface area contributed by atoms with Crippen molar-refractivity contribution >= 4 is 11.9 Å². The number of fused-ring (bicyclic) bond motifs is 4. The molecule has 0 amide bonds. The summed E-state index contributed by atoms with van der Waals surface area (Å²) in [7, 11) is 1.48. The summed E-state index contributed by atoms with van der Waals surface area (Å²) in [4.78, 5) is 23.3. The molecule has 2 saturated carbocycles. The highest BCUT2D eigenvalue weighted by Gasteiger charge is 2.63. The highest BCUT2D eigenvalue weighted by molar-refractivity contribution is 5.69. The summed E-state index contributed by atoms with van der Waals surface area (Å²) in [5, 5.41) is 0. The summed E-state index contributed by atoms with van der Waals surface area (Å²) in [6.07, 6.45) is 13.6. The summed E-state index contributed by atoms with van der Waals surface area (Å²) in [6, 6.07) is 0. The number of rotatable bonds is 7. The van der Waals surface area contributed by atoms with Crippen molar-refractivity contribution in [2.45, 2.75) is 132 Å². The zero-order valence-corrected chi connectivity index (χ0v) is 24.4. The largest absolute Gasteiger partial charge is 0.469 e. The summed E-state index contributed by atoms with van der Waals surface area (Å²) in [5.74, 6) is 1.81. The molecule has 0 aromatic carbocycles. The zero-order valence-electron chi connectivity index (χ0n) is 24.4. The molecule has 2 fully saturated rings. The molecule has 7 atom stereocenters. The summed E-state index contributed by atoms with van der Waals surface area (Å²) < 4.78 is 10.7. The summed E-state index contributed by atoms with van der Waals surface area (Å²) in [5.41, 5.74) is 4.51. The maximum atomic E-state index is 11.8. The Morgan fingerprint density at radius 1 is 0.944 bits per heavy atom. The molecule has 0 saturated heterocycles. The second-order valence-electron chi connectivity index (χ2n) is 14.1. The van der Waals surface area contributed by atoms with E-state index in [2.05, 4.69) is 41.5 Å². The molecular formula is C32H52O4. The Bertz CT molecular complexity index is 902. The Hall–Kier alpha value is -1.32. The number of unbranched alkanes of at least 4 members (excludes halogenated alkanes) is 1. The van der Waals surface area contributed by atoms with Gasteiger partial charge in [0.15, 0.2) is 0 Å². The van der Waals surface area contributed by atoms with Crippen LogP contribution in [0.4, 0.5) is 0 Å². The highest BCUT2D eigenvalue weighted by Crippen LogP contribution is 2.72. The number of allylic oxidation sites excluding steroid dienone is 2. The predicted molar refractivity (Wildman–Crippen MR) is 144 cm³/mol. The molecule has 4 aliphatic carbocycles. The van der Waals surface area contributed by atoms with Crippen LogP contribution in [-0.2, 0) is 19.1 Å². The van der Waals surface area contributed by atoms with Gasteiger partial charge in [-0.1, -0.05) is 65.5 Å². The van der Waals surface area contributed by atoms with E-state index >= 15 is 0 Å². The van der Waals surface area contributed by atoms with Crippen LogP contribution in [0.15, 0.2) is 11.1 Å². The van der Waals surface area contributed by atoms with Gasteiger partial charge in [0.2, 0.25) is 0 Å². The smallest absolute Gasteiger partial charge is 0.305 e. The van der Waals surface area contributed by atoms with Crippen LogP contribution in [0.3, 0.4) is 0 Å². The molecule has 4 aliphatic rings. The molecule has 4 rings (SSSR count). The topological polar surface area (TPSA) is 52.6 Å². The monoisotopic (exact) mass is 500 g/mol. The molecule has 0 aliphatic heterocycles. The number of carbonyl (C=O) groups excluding carboxylic acids is 2. The number of ether oxygens (including phenoxy) is 2. The lowest BCUT2D eigenvalue weighted by Crippen LogP contribution is -2.55. The number of methoxy groups -OCH3 is 1. The molecule has 0 N–H and O–H groups in total. The van der Waals surface area contributed by atoms with E-state index in [0.29, 0.717) is 29.1 Å². The fourth-order valence-corrected chi connectivity index (χ4v) is 10.1. The van der Waals surface area contributed by atoms with E-state index in [-0.39, 0.29) is 28.9 Å². The van der Waals surface area contributed by atoms with Gasteiger partial charge in [0.05, 0.1) is 7.11 Å². The van der Waals surface area contributed by atoms with E-state index in [0.717, 1.165) is 31.6 Å². The van der Waals surface area contributed by atoms with Gasteiger partial charge >= 0.3 is 11.9 Å². The van der Waals surface area contributed by atoms with Crippen LogP contribution >= 0.6 is 0 Å². The van der Waals surface area contributed by atoms with Gasteiger partial charge in [0.25, 0.3) is 0 Å². The van der Waals surface area contributed by atoms with Gasteiger partial charge in [-0.15, -0.1) is 0 Å². The summed E-state index contributed by atoms with van der Waals surface area (Å²) in [6.45, 7) is 16.5. The second kappa shape index (κ2) is 9.77. The van der Waals surface area contributed by atoms with Gasteiger partial charge in [-0.3, -0.25) is 9.59 Å². The molecule has 0 radical (unpaired) electrons. The lowest BCUT2D eigenvalue weighted by atomic mass is 9.43. The van der Waals surface area contributed by atoms with Crippen molar-refractivity contribution in [1.29, 1.82) is 0 Å². The minimum absolute atomic E-state index is 0.00970. The predicted octanol–water partition coefficient (Wildman–Crippen LogP) is 8.04. The van der Waals surface area contributed by atoms with Gasteiger partial charge in [-0.05, 0) is 91.8 Å². The molecule has 36 heavy (non-hydrogen) atoms. The Balaban J connectivity index is 1.54. The number of carbonyl (C=O) groups is 2. The first-order valence-electron chi connectivity index (χ1n) is 14.8. The van der Waals surface area contributed by atoms with E-state index in [1.54, 1.807) is 12.5 Å². The highest BCUT2D eigenvalue weighted by atomic mass is 16.5. The van der Waals surface area contributed by atoms with Gasteiger partial charge in [-0.2, -0.15) is 0 Å². The van der Waals surface area contributed by atoms with Gasteiger partial charge in [0, 0.05) is 18.8 Å². The molecule has 4 nitrogen and oxygen atoms in total. The van der Waals surface area contributed by atoms with E-state index in [1.165, 1.54) is 52.1 Å². The fraction of sp³-hybridized carbons (Fsp3) is 0.875. The standard InChI is InChI=1S/C32H52O4/c1-21(11-9-10-12-28(34)35-8)23-15-19-32(7)25-13-14-26-29(3,4)27(36-22(2)33)17-18-30(26,5)24(25)16-20-31(23,32)6/h21,23,26-27H,9-20H2,1-8H3/t21-,23-,26+,27+,30-,31-,32+/m1/s1. The number of hydrogen-bond donors (Lipinski definition) is 0. The third kappa shape index (κ3) is 4.27.